The predicted molar refractivity (Wildman–Crippen MR) is 219 cm³/mol. The van der Waals surface area contributed by atoms with E-state index in [9.17, 15) is 4.79 Å². The second-order valence-corrected chi connectivity index (χ2v) is 16.6. The van der Waals surface area contributed by atoms with E-state index in [1.165, 1.54) is 7.11 Å². The molecule has 4 aromatic rings. The van der Waals surface area contributed by atoms with Crippen molar-refractivity contribution in [3.8, 4) is 0 Å². The van der Waals surface area contributed by atoms with Gasteiger partial charge in [0.2, 0.25) is 0 Å². The highest BCUT2D eigenvalue weighted by atomic mass is 16.9. The molecule has 0 radical (unpaired) electrons. The van der Waals surface area contributed by atoms with Crippen molar-refractivity contribution in [3.05, 3.63) is 144 Å². The minimum absolute atomic E-state index is 0.00710. The third kappa shape index (κ3) is 10.2. The number of fused-ring (bicyclic) bond motifs is 3. The summed E-state index contributed by atoms with van der Waals surface area (Å²) in [6.07, 6.45) is -7.41. The Morgan fingerprint density at radius 2 is 1.00 bits per heavy atom. The van der Waals surface area contributed by atoms with Gasteiger partial charge in [-0.05, 0) is 49.9 Å². The van der Waals surface area contributed by atoms with Gasteiger partial charge in [0.25, 0.3) is 5.79 Å². The van der Waals surface area contributed by atoms with Gasteiger partial charge < -0.3 is 56.8 Å². The van der Waals surface area contributed by atoms with Crippen LogP contribution in [0.25, 0.3) is 0 Å². The Bertz CT molecular complexity index is 1980. The summed E-state index contributed by atoms with van der Waals surface area (Å²) in [5.41, 5.74) is 3.64. The highest BCUT2D eigenvalue weighted by molar-refractivity contribution is 5.79. The zero-order valence-electron chi connectivity index (χ0n) is 35.3. The molecular weight excluding hydrogens is 785 g/mol. The average Bonchev–Trinajstić information content (AvgIpc) is 3.78. The van der Waals surface area contributed by atoms with Crippen molar-refractivity contribution in [3.63, 3.8) is 0 Å². The highest BCUT2D eigenvalue weighted by Gasteiger charge is 2.65. The predicted octanol–water partition coefficient (Wildman–Crippen LogP) is 6.64. The first-order chi connectivity index (χ1) is 29.5. The van der Waals surface area contributed by atoms with Gasteiger partial charge in [0, 0.05) is 0 Å². The van der Waals surface area contributed by atoms with E-state index in [4.69, 9.17) is 56.8 Å². The molecule has 326 valence electrons. The van der Waals surface area contributed by atoms with Crippen molar-refractivity contribution < 1.29 is 61.6 Å². The zero-order valence-corrected chi connectivity index (χ0v) is 35.3. The topological polar surface area (TPSA) is 128 Å². The molecule has 61 heavy (non-hydrogen) atoms. The van der Waals surface area contributed by atoms with E-state index in [1.807, 2.05) is 149 Å². The van der Waals surface area contributed by atoms with Crippen LogP contribution in [0, 0.1) is 0 Å². The first kappa shape index (κ1) is 43.6. The van der Waals surface area contributed by atoms with Gasteiger partial charge in [-0.25, -0.2) is 4.79 Å². The smallest absolute Gasteiger partial charge is 0.369 e. The Morgan fingerprint density at radius 3 is 1.56 bits per heavy atom. The maximum Gasteiger partial charge on any atom is 0.369 e. The van der Waals surface area contributed by atoms with Gasteiger partial charge >= 0.3 is 5.97 Å². The lowest BCUT2D eigenvalue weighted by Crippen LogP contribution is -2.71. The number of hydrogen-bond acceptors (Lipinski definition) is 13. The molecule has 0 amide bonds. The quantitative estimate of drug-likeness (QED) is 0.106. The molecule has 4 saturated heterocycles. The van der Waals surface area contributed by atoms with E-state index in [-0.39, 0.29) is 39.6 Å². The van der Waals surface area contributed by atoms with Crippen molar-refractivity contribution in [2.75, 3.05) is 20.3 Å². The Balaban J connectivity index is 1.18. The van der Waals surface area contributed by atoms with E-state index in [0.29, 0.717) is 0 Å². The Labute approximate surface area is 357 Å². The molecule has 10 atom stereocenters. The number of carbonyl (C=O) groups excluding carboxylic acids is 1. The number of esters is 1. The van der Waals surface area contributed by atoms with Crippen LogP contribution < -0.4 is 0 Å². The molecule has 0 saturated carbocycles. The van der Waals surface area contributed by atoms with Gasteiger partial charge in [-0.15, -0.1) is 0 Å². The van der Waals surface area contributed by atoms with E-state index >= 15 is 0 Å². The van der Waals surface area contributed by atoms with Crippen LogP contribution in [-0.2, 0) is 88.1 Å². The summed E-state index contributed by atoms with van der Waals surface area (Å²) in [7, 11) is 1.28. The Hall–Kier alpha value is -4.09. The molecular formula is C48H56O13. The lowest BCUT2D eigenvalue weighted by molar-refractivity contribution is -0.378. The van der Waals surface area contributed by atoms with Gasteiger partial charge in [-0.1, -0.05) is 121 Å². The van der Waals surface area contributed by atoms with Crippen LogP contribution in [0.4, 0.5) is 0 Å². The molecule has 0 spiro atoms. The number of methoxy groups -OCH3 is 1. The lowest BCUT2D eigenvalue weighted by Gasteiger charge is -2.51. The number of hydrogen-bond donors (Lipinski definition) is 0. The molecule has 0 bridgehead atoms. The molecule has 4 aromatic carbocycles. The van der Waals surface area contributed by atoms with Crippen LogP contribution in [0.1, 0.15) is 49.9 Å². The van der Waals surface area contributed by atoms with Gasteiger partial charge in [0.15, 0.2) is 24.0 Å². The first-order valence-corrected chi connectivity index (χ1v) is 20.9. The molecule has 4 fully saturated rings. The SMILES string of the molecule is COC(=O)[C@]1(OC[C@H]2O[C@@H]3OC(C)(C)O[C@@H]3[C@H]3OC(C)(C)O[C@H]32)O[C@H](COCc2ccccc2)[C@H](OCc2ccccc2)[C@H](OCc2ccccc2)[C@H]1OCc1ccccc1. The second kappa shape index (κ2) is 19.1. The molecule has 0 aliphatic carbocycles. The molecule has 4 aliphatic rings. The van der Waals surface area contributed by atoms with Crippen LogP contribution >= 0.6 is 0 Å². The zero-order chi connectivity index (χ0) is 42.5. The summed E-state index contributed by atoms with van der Waals surface area (Å²) in [6, 6.07) is 39.0. The minimum Gasteiger partial charge on any atom is -0.465 e. The summed E-state index contributed by atoms with van der Waals surface area (Å²) >= 11 is 0. The summed E-state index contributed by atoms with van der Waals surface area (Å²) in [6.45, 7) is 7.77. The van der Waals surface area contributed by atoms with Crippen molar-refractivity contribution >= 4 is 5.97 Å². The summed E-state index contributed by atoms with van der Waals surface area (Å²) in [5, 5.41) is 0. The minimum atomic E-state index is -2.24. The van der Waals surface area contributed by atoms with Gasteiger partial charge in [0.1, 0.15) is 42.7 Å². The largest absolute Gasteiger partial charge is 0.465 e. The van der Waals surface area contributed by atoms with Crippen molar-refractivity contribution in [1.29, 1.82) is 0 Å². The van der Waals surface area contributed by atoms with Crippen LogP contribution in [0.5, 0.6) is 0 Å². The monoisotopic (exact) mass is 840 g/mol. The Morgan fingerprint density at radius 1 is 0.525 bits per heavy atom. The molecule has 8 rings (SSSR count). The van der Waals surface area contributed by atoms with E-state index in [1.54, 1.807) is 0 Å². The molecule has 0 aromatic heterocycles. The lowest BCUT2D eigenvalue weighted by atomic mass is 9.91. The number of ether oxygens (including phenoxy) is 12. The van der Waals surface area contributed by atoms with Gasteiger partial charge in [-0.2, -0.15) is 0 Å². The van der Waals surface area contributed by atoms with Gasteiger partial charge in [-0.3, -0.25) is 0 Å². The van der Waals surface area contributed by atoms with Crippen molar-refractivity contribution in [1.82, 2.24) is 0 Å². The second-order valence-electron chi connectivity index (χ2n) is 16.6. The number of carbonyl (C=O) groups is 1. The standard InChI is InChI=1S/C48H56O13/c1-46(2)58-39-36(56-44-42(40(39)59-46)60-47(3,4)61-44)31-55-48(45(49)50-5)43(54-29-35-24-16-9-17-25-35)41(53-28-34-22-14-8-15-23-34)38(52-27-33-20-12-7-13-21-33)37(57-48)30-51-26-32-18-10-6-11-19-32/h6-25,36-44H,26-31H2,1-5H3/t36-,37-,38+,39+,40+,41+,42-,43-,44-,48-/m1/s1. The summed E-state index contributed by atoms with van der Waals surface area (Å²) in [4.78, 5) is 14.7. The maximum atomic E-state index is 14.7. The highest BCUT2D eigenvalue weighted by Crippen LogP contribution is 2.45. The molecule has 4 heterocycles. The normalized spacial score (nSPS) is 31.3. The number of benzene rings is 4. The van der Waals surface area contributed by atoms with E-state index in [0.717, 1.165) is 22.3 Å². The van der Waals surface area contributed by atoms with Crippen molar-refractivity contribution in [2.24, 2.45) is 0 Å². The summed E-state index contributed by atoms with van der Waals surface area (Å²) in [5.74, 6) is -4.99. The van der Waals surface area contributed by atoms with E-state index < -0.39 is 78.5 Å². The number of rotatable bonds is 17. The Kier molecular flexibility index (Phi) is 13.6. The fourth-order valence-corrected chi connectivity index (χ4v) is 8.35. The van der Waals surface area contributed by atoms with Crippen LogP contribution in [0.2, 0.25) is 0 Å². The third-order valence-corrected chi connectivity index (χ3v) is 11.1. The summed E-state index contributed by atoms with van der Waals surface area (Å²) < 4.78 is 78.1. The fraction of sp³-hybridized carbons (Fsp3) is 0.479. The molecule has 13 heteroatoms. The average molecular weight is 841 g/mol. The maximum absolute atomic E-state index is 14.7. The van der Waals surface area contributed by atoms with Crippen LogP contribution in [-0.4, -0.2) is 98.8 Å². The fourth-order valence-electron chi connectivity index (χ4n) is 8.35. The molecule has 13 nitrogen and oxygen atoms in total. The van der Waals surface area contributed by atoms with E-state index in [2.05, 4.69) is 0 Å². The molecule has 4 aliphatic heterocycles. The third-order valence-electron chi connectivity index (χ3n) is 11.1. The van der Waals surface area contributed by atoms with Gasteiger partial charge in [0.05, 0.1) is 46.8 Å². The van der Waals surface area contributed by atoms with Crippen LogP contribution in [0.15, 0.2) is 121 Å². The van der Waals surface area contributed by atoms with Crippen molar-refractivity contribution in [2.45, 2.75) is 127 Å². The molecule has 0 N–H and O–H groups in total. The molecule has 0 unspecified atom stereocenters. The first-order valence-electron chi connectivity index (χ1n) is 20.9. The van der Waals surface area contributed by atoms with Crippen LogP contribution in [0.3, 0.4) is 0 Å².